The van der Waals surface area contributed by atoms with Crippen molar-refractivity contribution in [2.45, 2.75) is 38.5 Å². The van der Waals surface area contributed by atoms with E-state index in [2.05, 4.69) is 5.32 Å². The Bertz CT molecular complexity index is 406. The summed E-state index contributed by atoms with van der Waals surface area (Å²) in [5, 5.41) is 3.41. The summed E-state index contributed by atoms with van der Waals surface area (Å²) in [6, 6.07) is 0. The fourth-order valence-corrected chi connectivity index (χ4v) is 5.69. The van der Waals surface area contributed by atoms with Crippen LogP contribution in [0.4, 0.5) is 0 Å². The third-order valence-electron chi connectivity index (χ3n) is 5.27. The second-order valence-corrected chi connectivity index (χ2v) is 8.37. The van der Waals surface area contributed by atoms with E-state index >= 15 is 0 Å². The number of rotatable bonds is 3. The van der Waals surface area contributed by atoms with Crippen molar-refractivity contribution in [2.24, 2.45) is 11.8 Å². The second-order valence-electron chi connectivity index (χ2n) is 6.44. The number of hydrogen-bond donors (Lipinski definition) is 1. The Labute approximate surface area is 122 Å². The van der Waals surface area contributed by atoms with Gasteiger partial charge in [-0.1, -0.05) is 0 Å². The molecule has 6 heteroatoms. The molecule has 0 spiro atoms. The van der Waals surface area contributed by atoms with Crippen LogP contribution in [0.25, 0.3) is 0 Å². The smallest absolute Gasteiger partial charge is 0.281 e. The van der Waals surface area contributed by atoms with Crippen molar-refractivity contribution in [3.63, 3.8) is 0 Å². The SMILES string of the molecule is O=S(=O)(N1CCCC1)N1CCC(C2CCNCC2)CC1. The zero-order valence-electron chi connectivity index (χ0n) is 12.3. The molecule has 0 aliphatic carbocycles. The fraction of sp³-hybridized carbons (Fsp3) is 1.00. The van der Waals surface area contributed by atoms with Crippen molar-refractivity contribution < 1.29 is 8.42 Å². The maximum absolute atomic E-state index is 12.5. The second kappa shape index (κ2) is 6.30. The molecule has 0 aromatic rings. The molecule has 0 atom stereocenters. The minimum atomic E-state index is -3.16. The zero-order valence-corrected chi connectivity index (χ0v) is 13.1. The lowest BCUT2D eigenvalue weighted by Crippen LogP contribution is -2.47. The molecule has 116 valence electrons. The van der Waals surface area contributed by atoms with E-state index in [1.807, 2.05) is 0 Å². The minimum Gasteiger partial charge on any atom is -0.317 e. The molecule has 3 saturated heterocycles. The lowest BCUT2D eigenvalue weighted by molar-refractivity contribution is 0.172. The normalized spacial score (nSPS) is 29.0. The molecule has 0 aromatic carbocycles. The topological polar surface area (TPSA) is 52.7 Å². The Morgan fingerprint density at radius 1 is 0.750 bits per heavy atom. The molecule has 0 unspecified atom stereocenters. The van der Waals surface area contributed by atoms with Gasteiger partial charge in [-0.2, -0.15) is 17.0 Å². The van der Waals surface area contributed by atoms with Gasteiger partial charge in [-0.05, 0) is 63.5 Å². The first kappa shape index (κ1) is 14.8. The molecule has 0 aromatic heterocycles. The standard InChI is InChI=1S/C14H27N3O2S/c18-20(19,16-9-1-2-10-16)17-11-5-14(6-12-17)13-3-7-15-8-4-13/h13-15H,1-12H2. The average Bonchev–Trinajstić information content (AvgIpc) is 3.03. The predicted molar refractivity (Wildman–Crippen MR) is 79.6 cm³/mol. The summed E-state index contributed by atoms with van der Waals surface area (Å²) in [4.78, 5) is 0. The Morgan fingerprint density at radius 3 is 1.85 bits per heavy atom. The summed E-state index contributed by atoms with van der Waals surface area (Å²) in [5.41, 5.74) is 0. The Balaban J connectivity index is 1.55. The van der Waals surface area contributed by atoms with Crippen LogP contribution in [0.5, 0.6) is 0 Å². The van der Waals surface area contributed by atoms with E-state index in [0.717, 1.165) is 76.8 Å². The van der Waals surface area contributed by atoms with Crippen molar-refractivity contribution in [3.05, 3.63) is 0 Å². The van der Waals surface area contributed by atoms with Gasteiger partial charge >= 0.3 is 0 Å². The van der Waals surface area contributed by atoms with E-state index in [1.54, 1.807) is 8.61 Å². The summed E-state index contributed by atoms with van der Waals surface area (Å²) in [6.07, 6.45) is 6.68. The molecule has 0 amide bonds. The molecule has 1 N–H and O–H groups in total. The lowest BCUT2D eigenvalue weighted by Gasteiger charge is -2.38. The summed E-state index contributed by atoms with van der Waals surface area (Å²) >= 11 is 0. The van der Waals surface area contributed by atoms with E-state index in [4.69, 9.17) is 0 Å². The van der Waals surface area contributed by atoms with Gasteiger partial charge in [0.25, 0.3) is 10.2 Å². The quantitative estimate of drug-likeness (QED) is 0.847. The third kappa shape index (κ3) is 3.03. The van der Waals surface area contributed by atoms with E-state index in [1.165, 1.54) is 12.8 Å². The van der Waals surface area contributed by atoms with Crippen molar-refractivity contribution in [1.82, 2.24) is 13.9 Å². The van der Waals surface area contributed by atoms with Gasteiger partial charge in [0, 0.05) is 26.2 Å². The van der Waals surface area contributed by atoms with Gasteiger partial charge in [0.2, 0.25) is 0 Å². The average molecular weight is 301 g/mol. The van der Waals surface area contributed by atoms with E-state index < -0.39 is 10.2 Å². The molecule has 3 aliphatic heterocycles. The Kier molecular flexibility index (Phi) is 4.65. The van der Waals surface area contributed by atoms with Gasteiger partial charge < -0.3 is 5.32 Å². The monoisotopic (exact) mass is 301 g/mol. The third-order valence-corrected chi connectivity index (χ3v) is 7.30. The molecule has 0 radical (unpaired) electrons. The van der Waals surface area contributed by atoms with Crippen LogP contribution < -0.4 is 5.32 Å². The summed E-state index contributed by atoms with van der Waals surface area (Å²) in [5.74, 6) is 1.55. The van der Waals surface area contributed by atoms with Crippen molar-refractivity contribution in [2.75, 3.05) is 39.3 Å². The van der Waals surface area contributed by atoms with Gasteiger partial charge in [-0.3, -0.25) is 0 Å². The van der Waals surface area contributed by atoms with Crippen LogP contribution in [-0.2, 0) is 10.2 Å². The molecule has 3 fully saturated rings. The molecule has 5 nitrogen and oxygen atoms in total. The molecule has 0 saturated carbocycles. The van der Waals surface area contributed by atoms with Gasteiger partial charge in [-0.25, -0.2) is 0 Å². The molecular weight excluding hydrogens is 274 g/mol. The number of nitrogens with zero attached hydrogens (tertiary/aromatic N) is 2. The molecular formula is C14H27N3O2S. The first-order valence-electron chi connectivity index (χ1n) is 8.14. The van der Waals surface area contributed by atoms with Crippen LogP contribution in [0.15, 0.2) is 0 Å². The van der Waals surface area contributed by atoms with Gasteiger partial charge in [0.05, 0.1) is 0 Å². The first-order chi connectivity index (χ1) is 9.68. The van der Waals surface area contributed by atoms with Crippen molar-refractivity contribution in [1.29, 1.82) is 0 Å². The van der Waals surface area contributed by atoms with Crippen LogP contribution in [0, 0.1) is 11.8 Å². The molecule has 20 heavy (non-hydrogen) atoms. The molecule has 0 bridgehead atoms. The molecule has 3 aliphatic rings. The highest BCUT2D eigenvalue weighted by atomic mass is 32.2. The lowest BCUT2D eigenvalue weighted by atomic mass is 9.79. The number of piperidine rings is 2. The van der Waals surface area contributed by atoms with Crippen LogP contribution in [0.1, 0.15) is 38.5 Å². The maximum Gasteiger partial charge on any atom is 0.281 e. The predicted octanol–water partition coefficient (Wildman–Crippen LogP) is 1.04. The van der Waals surface area contributed by atoms with Crippen LogP contribution in [-0.4, -0.2) is 56.3 Å². The molecule has 3 heterocycles. The zero-order chi connectivity index (χ0) is 14.0. The Hall–Kier alpha value is -0.170. The van der Waals surface area contributed by atoms with E-state index in [-0.39, 0.29) is 0 Å². The van der Waals surface area contributed by atoms with Gasteiger partial charge in [0.15, 0.2) is 0 Å². The van der Waals surface area contributed by atoms with Gasteiger partial charge in [0.1, 0.15) is 0 Å². The fourth-order valence-electron chi connectivity index (χ4n) is 3.98. The van der Waals surface area contributed by atoms with E-state index in [9.17, 15) is 8.42 Å². The van der Waals surface area contributed by atoms with Crippen LogP contribution in [0.2, 0.25) is 0 Å². The Morgan fingerprint density at radius 2 is 1.25 bits per heavy atom. The highest BCUT2D eigenvalue weighted by Gasteiger charge is 2.36. The van der Waals surface area contributed by atoms with E-state index in [0.29, 0.717) is 0 Å². The summed E-state index contributed by atoms with van der Waals surface area (Å²) < 4.78 is 28.4. The van der Waals surface area contributed by atoms with Crippen LogP contribution >= 0.6 is 0 Å². The van der Waals surface area contributed by atoms with Crippen molar-refractivity contribution >= 4 is 10.2 Å². The highest BCUT2D eigenvalue weighted by Crippen LogP contribution is 2.32. The highest BCUT2D eigenvalue weighted by molar-refractivity contribution is 7.86. The summed E-state index contributed by atoms with van der Waals surface area (Å²) in [6.45, 7) is 5.17. The molecule has 3 rings (SSSR count). The summed E-state index contributed by atoms with van der Waals surface area (Å²) in [7, 11) is -3.16. The number of nitrogens with one attached hydrogen (secondary N) is 1. The van der Waals surface area contributed by atoms with Gasteiger partial charge in [-0.15, -0.1) is 0 Å². The number of hydrogen-bond acceptors (Lipinski definition) is 3. The largest absolute Gasteiger partial charge is 0.317 e. The minimum absolute atomic E-state index is 0.719. The van der Waals surface area contributed by atoms with Crippen LogP contribution in [0.3, 0.4) is 0 Å². The maximum atomic E-state index is 12.5. The first-order valence-corrected chi connectivity index (χ1v) is 9.53. The van der Waals surface area contributed by atoms with Crippen molar-refractivity contribution in [3.8, 4) is 0 Å².